The third kappa shape index (κ3) is 3.51. The highest BCUT2D eigenvalue weighted by Gasteiger charge is 2.08. The highest BCUT2D eigenvalue weighted by Crippen LogP contribution is 2.25. The summed E-state index contributed by atoms with van der Waals surface area (Å²) in [5.41, 5.74) is 5.00. The molecule has 0 unspecified atom stereocenters. The van der Waals surface area contributed by atoms with Crippen LogP contribution in [0.25, 0.3) is 33.4 Å². The smallest absolute Gasteiger partial charge is 0.230 e. The largest absolute Gasteiger partial charge is 0.364 e. The van der Waals surface area contributed by atoms with Gasteiger partial charge in [-0.3, -0.25) is 5.10 Å². The molecule has 5 rings (SSSR count). The maximum absolute atomic E-state index is 5.26. The van der Waals surface area contributed by atoms with Crippen molar-refractivity contribution in [1.29, 1.82) is 0 Å². The number of H-pyrrole nitrogens is 1. The summed E-state index contributed by atoms with van der Waals surface area (Å²) in [6.45, 7) is 0.492. The van der Waals surface area contributed by atoms with E-state index in [2.05, 4.69) is 48.7 Å². The Balaban J connectivity index is 1.40. The van der Waals surface area contributed by atoms with E-state index < -0.39 is 0 Å². The molecule has 0 fully saturated rings. The normalized spacial score (nSPS) is 11.1. The number of rotatable bonds is 6. The molecular weight excluding hydrogens is 378 g/mol. The standard InChI is InChI=1S/C22H19N7O/c1-30-14-29-9-8-16-2-3-17(10-20(16)29)21-23-13-24-22(28-21)27-19-6-4-15(5-7-19)18-11-25-26-12-18/h2-13H,14H2,1H3,(H,25,26)(H,23,24,27,28). The predicted molar refractivity (Wildman–Crippen MR) is 115 cm³/mol. The van der Waals surface area contributed by atoms with Gasteiger partial charge in [-0.1, -0.05) is 24.3 Å². The fourth-order valence-electron chi connectivity index (χ4n) is 3.35. The van der Waals surface area contributed by atoms with Gasteiger partial charge in [0.25, 0.3) is 0 Å². The molecule has 0 amide bonds. The lowest BCUT2D eigenvalue weighted by molar-refractivity contribution is 0.135. The highest BCUT2D eigenvalue weighted by molar-refractivity contribution is 5.84. The van der Waals surface area contributed by atoms with Gasteiger partial charge in [-0.25, -0.2) is 9.97 Å². The van der Waals surface area contributed by atoms with Gasteiger partial charge in [0.15, 0.2) is 5.82 Å². The molecule has 3 aromatic heterocycles. The first-order chi connectivity index (χ1) is 14.8. The topological polar surface area (TPSA) is 93.5 Å². The number of anilines is 2. The summed E-state index contributed by atoms with van der Waals surface area (Å²) in [6, 6.07) is 16.2. The van der Waals surface area contributed by atoms with Crippen LogP contribution in [-0.2, 0) is 11.5 Å². The first kappa shape index (κ1) is 18.0. The first-order valence-corrected chi connectivity index (χ1v) is 9.44. The quantitative estimate of drug-likeness (QED) is 0.445. The molecule has 0 saturated carbocycles. The van der Waals surface area contributed by atoms with Crippen molar-refractivity contribution in [3.8, 4) is 22.5 Å². The minimum Gasteiger partial charge on any atom is -0.364 e. The van der Waals surface area contributed by atoms with Gasteiger partial charge in [-0.05, 0) is 35.2 Å². The van der Waals surface area contributed by atoms with Crippen LogP contribution >= 0.6 is 0 Å². The summed E-state index contributed by atoms with van der Waals surface area (Å²) in [5.74, 6) is 1.10. The van der Waals surface area contributed by atoms with Gasteiger partial charge in [0, 0.05) is 36.3 Å². The summed E-state index contributed by atoms with van der Waals surface area (Å²) in [5, 5.41) is 11.2. The van der Waals surface area contributed by atoms with Crippen LogP contribution in [0.3, 0.4) is 0 Å². The van der Waals surface area contributed by atoms with Gasteiger partial charge in [0.1, 0.15) is 13.1 Å². The molecule has 0 atom stereocenters. The van der Waals surface area contributed by atoms with Gasteiger partial charge in [0.05, 0.1) is 11.7 Å². The Bertz CT molecular complexity index is 1280. The molecule has 8 heteroatoms. The number of hydrogen-bond acceptors (Lipinski definition) is 6. The molecule has 2 N–H and O–H groups in total. The maximum Gasteiger partial charge on any atom is 0.230 e. The van der Waals surface area contributed by atoms with Crippen molar-refractivity contribution < 1.29 is 4.74 Å². The number of ether oxygens (including phenoxy) is 1. The average Bonchev–Trinajstić information content (AvgIpc) is 3.45. The lowest BCUT2D eigenvalue weighted by Gasteiger charge is -2.08. The van der Waals surface area contributed by atoms with Gasteiger partial charge in [0.2, 0.25) is 5.95 Å². The molecule has 0 radical (unpaired) electrons. The van der Waals surface area contributed by atoms with E-state index in [0.29, 0.717) is 18.5 Å². The van der Waals surface area contributed by atoms with Crippen molar-refractivity contribution >= 4 is 22.5 Å². The van der Waals surface area contributed by atoms with Crippen LogP contribution in [0.5, 0.6) is 0 Å². The molecule has 5 aromatic rings. The number of fused-ring (bicyclic) bond motifs is 1. The Morgan fingerprint density at radius 1 is 1.00 bits per heavy atom. The van der Waals surface area contributed by atoms with Crippen molar-refractivity contribution in [3.05, 3.63) is 73.4 Å². The van der Waals surface area contributed by atoms with Crippen LogP contribution in [0.4, 0.5) is 11.6 Å². The first-order valence-electron chi connectivity index (χ1n) is 9.44. The monoisotopic (exact) mass is 397 g/mol. The molecular formula is C22H19N7O. The Kier molecular flexibility index (Phi) is 4.66. The van der Waals surface area contributed by atoms with E-state index in [1.807, 2.05) is 47.3 Å². The number of nitrogens with zero attached hydrogens (tertiary/aromatic N) is 5. The third-order valence-electron chi connectivity index (χ3n) is 4.84. The SMILES string of the molecule is COCn1ccc2ccc(-c3ncnc(Nc4ccc(-c5cn[nH]c5)cc4)n3)cc21. The van der Waals surface area contributed by atoms with Crippen LogP contribution in [0.1, 0.15) is 0 Å². The summed E-state index contributed by atoms with van der Waals surface area (Å²) >= 11 is 0. The summed E-state index contributed by atoms with van der Waals surface area (Å²) in [7, 11) is 1.68. The highest BCUT2D eigenvalue weighted by atomic mass is 16.5. The number of aromatic amines is 1. The van der Waals surface area contributed by atoms with Crippen LogP contribution in [-0.4, -0.2) is 36.8 Å². The predicted octanol–water partition coefficient (Wildman–Crippen LogP) is 4.23. The molecule has 0 bridgehead atoms. The van der Waals surface area contributed by atoms with Gasteiger partial charge in [-0.2, -0.15) is 10.1 Å². The van der Waals surface area contributed by atoms with Crippen molar-refractivity contribution in [1.82, 2.24) is 29.7 Å². The zero-order chi connectivity index (χ0) is 20.3. The second-order valence-corrected chi connectivity index (χ2v) is 6.80. The van der Waals surface area contributed by atoms with E-state index in [1.165, 1.54) is 6.33 Å². The molecule has 0 aliphatic heterocycles. The van der Waals surface area contributed by atoms with Crippen molar-refractivity contribution in [2.24, 2.45) is 0 Å². The van der Waals surface area contributed by atoms with Crippen molar-refractivity contribution in [2.45, 2.75) is 6.73 Å². The fraction of sp³-hybridized carbons (Fsp3) is 0.0909. The van der Waals surface area contributed by atoms with Crippen molar-refractivity contribution in [2.75, 3.05) is 12.4 Å². The molecule has 148 valence electrons. The molecule has 2 aromatic carbocycles. The van der Waals surface area contributed by atoms with E-state index in [9.17, 15) is 0 Å². The lowest BCUT2D eigenvalue weighted by atomic mass is 10.1. The lowest BCUT2D eigenvalue weighted by Crippen LogP contribution is -2.00. The van der Waals surface area contributed by atoms with E-state index >= 15 is 0 Å². The molecule has 0 aliphatic carbocycles. The second kappa shape index (κ2) is 7.76. The van der Waals surface area contributed by atoms with E-state index in [1.54, 1.807) is 13.3 Å². The Morgan fingerprint density at radius 3 is 2.67 bits per heavy atom. The van der Waals surface area contributed by atoms with E-state index in [0.717, 1.165) is 33.3 Å². The number of aromatic nitrogens is 6. The third-order valence-corrected chi connectivity index (χ3v) is 4.84. The molecule has 0 saturated heterocycles. The molecule has 0 aliphatic rings. The van der Waals surface area contributed by atoms with Gasteiger partial charge >= 0.3 is 0 Å². The van der Waals surface area contributed by atoms with Crippen LogP contribution in [0.15, 0.2) is 73.4 Å². The molecule has 3 heterocycles. The summed E-state index contributed by atoms with van der Waals surface area (Å²) in [6.07, 6.45) is 7.18. The Morgan fingerprint density at radius 2 is 1.87 bits per heavy atom. The Labute approximate surface area is 172 Å². The average molecular weight is 397 g/mol. The van der Waals surface area contributed by atoms with Crippen LogP contribution in [0.2, 0.25) is 0 Å². The van der Waals surface area contributed by atoms with E-state index in [-0.39, 0.29) is 0 Å². The second-order valence-electron chi connectivity index (χ2n) is 6.80. The van der Waals surface area contributed by atoms with Crippen molar-refractivity contribution in [3.63, 3.8) is 0 Å². The van der Waals surface area contributed by atoms with E-state index in [4.69, 9.17) is 4.74 Å². The van der Waals surface area contributed by atoms with Crippen LogP contribution in [0, 0.1) is 0 Å². The summed E-state index contributed by atoms with van der Waals surface area (Å²) < 4.78 is 7.31. The van der Waals surface area contributed by atoms with Gasteiger partial charge < -0.3 is 14.6 Å². The zero-order valence-corrected chi connectivity index (χ0v) is 16.3. The minimum absolute atomic E-state index is 0.489. The minimum atomic E-state index is 0.489. The Hall–Kier alpha value is -4.04. The molecule has 0 spiro atoms. The molecule has 8 nitrogen and oxygen atoms in total. The number of methoxy groups -OCH3 is 1. The number of benzene rings is 2. The maximum atomic E-state index is 5.26. The van der Waals surface area contributed by atoms with Crippen LogP contribution < -0.4 is 5.32 Å². The summed E-state index contributed by atoms with van der Waals surface area (Å²) in [4.78, 5) is 13.2. The number of hydrogen-bond donors (Lipinski definition) is 2. The number of nitrogens with one attached hydrogen (secondary N) is 2. The van der Waals surface area contributed by atoms with Gasteiger partial charge in [-0.15, -0.1) is 0 Å². The fourth-order valence-corrected chi connectivity index (χ4v) is 3.35. The molecule has 30 heavy (non-hydrogen) atoms. The zero-order valence-electron chi connectivity index (χ0n) is 16.3.